The Bertz CT molecular complexity index is 1560. The van der Waals surface area contributed by atoms with E-state index in [2.05, 4.69) is 75.4 Å². The molecule has 210 valence electrons. The Morgan fingerprint density at radius 2 is 1.00 bits per heavy atom. The summed E-state index contributed by atoms with van der Waals surface area (Å²) in [6, 6.07) is 45.3. The fourth-order valence-corrected chi connectivity index (χ4v) is 6.90. The Morgan fingerprint density at radius 3 is 1.44 bits per heavy atom. The zero-order chi connectivity index (χ0) is 29.3. The molecule has 0 aromatic heterocycles. The Labute approximate surface area is 254 Å². The molecule has 5 aromatic carbocycles. The van der Waals surface area contributed by atoms with Crippen LogP contribution >= 0.6 is 0 Å². The quantitative estimate of drug-likeness (QED) is 0.142. The number of halogens is 1. The topological polar surface area (TPSA) is 66.4 Å². The summed E-state index contributed by atoms with van der Waals surface area (Å²) in [7, 11) is -4.42. The molecule has 0 fully saturated rings. The van der Waals surface area contributed by atoms with Gasteiger partial charge in [0.1, 0.15) is 21.5 Å². The molecule has 0 aliphatic rings. The predicted molar refractivity (Wildman–Crippen MR) is 159 cm³/mol. The normalized spacial score (nSPS) is 11.4. The van der Waals surface area contributed by atoms with E-state index in [0.717, 1.165) is 22.4 Å². The van der Waals surface area contributed by atoms with Crippen LogP contribution in [0.1, 0.15) is 43.4 Å². The van der Waals surface area contributed by atoms with Crippen LogP contribution in [0.15, 0.2) is 144 Å². The third-order valence-electron chi connectivity index (χ3n) is 5.96. The van der Waals surface area contributed by atoms with E-state index in [-0.39, 0.29) is 37.6 Å². The lowest BCUT2D eigenvalue weighted by molar-refractivity contribution is -0.597. The van der Waals surface area contributed by atoms with Gasteiger partial charge in [-0.15, -0.1) is 0 Å². The highest BCUT2D eigenvalue weighted by atomic mass is 127. The van der Waals surface area contributed by atoms with E-state index in [9.17, 15) is 13.0 Å². The van der Waals surface area contributed by atoms with Gasteiger partial charge in [-0.2, -0.15) is 0 Å². The smallest absolute Gasteiger partial charge is 0.357 e. The summed E-state index contributed by atoms with van der Waals surface area (Å²) >= 11 is -0.0737. The average Bonchev–Trinajstić information content (AvgIpc) is 2.95. The summed E-state index contributed by atoms with van der Waals surface area (Å²) in [4.78, 5) is -0.207. The van der Waals surface area contributed by atoms with Crippen molar-refractivity contribution in [3.63, 3.8) is 0 Å². The first-order chi connectivity index (χ1) is 19.6. The molecule has 0 aliphatic carbocycles. The van der Waals surface area contributed by atoms with E-state index in [4.69, 9.17) is 4.74 Å². The van der Waals surface area contributed by atoms with Gasteiger partial charge in [-0.25, -0.2) is 8.42 Å². The zero-order valence-corrected chi connectivity index (χ0v) is 26.2. The molecule has 0 amide bonds. The molecule has 0 saturated heterocycles. The Morgan fingerprint density at radius 1 is 0.585 bits per heavy atom. The van der Waals surface area contributed by atoms with Crippen molar-refractivity contribution in [2.75, 3.05) is 0 Å². The van der Waals surface area contributed by atoms with Gasteiger partial charge >= 0.3 is 21.2 Å². The Kier molecular flexibility index (Phi) is 10.4. The molecular formula is C35H33IO4S. The van der Waals surface area contributed by atoms with Crippen LogP contribution in [0.3, 0.4) is 0 Å². The molecule has 5 aromatic rings. The van der Waals surface area contributed by atoms with Gasteiger partial charge in [-0.1, -0.05) is 91.0 Å². The van der Waals surface area contributed by atoms with Crippen molar-refractivity contribution in [3.05, 3.63) is 163 Å². The number of rotatable bonds is 7. The van der Waals surface area contributed by atoms with E-state index in [0.29, 0.717) is 0 Å². The number of hydrogen-bond acceptors (Lipinski definition) is 4. The fraction of sp³-hybridized carbons (Fsp3) is 0.143. The van der Waals surface area contributed by atoms with Crippen LogP contribution in [-0.4, -0.2) is 18.6 Å². The molecule has 5 rings (SSSR count). The fourth-order valence-electron chi connectivity index (χ4n) is 4.22. The molecule has 0 radical (unpaired) electrons. The number of hydrogen-bond donors (Lipinski definition) is 0. The lowest BCUT2D eigenvalue weighted by Crippen LogP contribution is -3.61. The van der Waals surface area contributed by atoms with Gasteiger partial charge in [-0.3, -0.25) is 0 Å². The van der Waals surface area contributed by atoms with Gasteiger partial charge in [0.05, 0.1) is 4.90 Å². The summed E-state index contributed by atoms with van der Waals surface area (Å²) in [5.41, 5.74) is 3.03. The maximum Gasteiger partial charge on any atom is 0.357 e. The van der Waals surface area contributed by atoms with E-state index in [1.807, 2.05) is 60.7 Å². The lowest BCUT2D eigenvalue weighted by Gasteiger charge is -2.20. The van der Waals surface area contributed by atoms with Gasteiger partial charge in [0.2, 0.25) is 0 Å². The molecule has 0 bridgehead atoms. The van der Waals surface area contributed by atoms with Gasteiger partial charge in [0, 0.05) is 5.92 Å². The van der Waals surface area contributed by atoms with Crippen molar-refractivity contribution in [1.82, 2.24) is 0 Å². The van der Waals surface area contributed by atoms with E-state index in [1.165, 1.54) is 19.3 Å². The second-order valence-corrected chi connectivity index (χ2v) is 14.7. The first-order valence-electron chi connectivity index (χ1n) is 13.2. The van der Waals surface area contributed by atoms with Crippen molar-refractivity contribution in [3.8, 4) is 5.75 Å². The SMILES string of the molecule is CC(C)(C)Oc1ccc([I+]c2ccccc2)cc1.O=S(=O)([O-])c1ccc(C(c2ccccc2)c2ccccc2)cc1. The largest absolute Gasteiger partial charge is 0.744 e. The molecule has 4 nitrogen and oxygen atoms in total. The predicted octanol–water partition coefficient (Wildman–Crippen LogP) is 4.76. The molecular weight excluding hydrogens is 643 g/mol. The van der Waals surface area contributed by atoms with Gasteiger partial charge in [-0.05, 0) is 86.0 Å². The highest BCUT2D eigenvalue weighted by molar-refractivity contribution is 7.85. The first-order valence-corrected chi connectivity index (χ1v) is 16.8. The van der Waals surface area contributed by atoms with Crippen molar-refractivity contribution in [2.24, 2.45) is 0 Å². The molecule has 0 heterocycles. The summed E-state index contributed by atoms with van der Waals surface area (Å²) in [5, 5.41) is 0. The summed E-state index contributed by atoms with van der Waals surface area (Å²) in [5.74, 6) is 0.934. The maximum absolute atomic E-state index is 11.1. The Balaban J connectivity index is 0.000000195. The van der Waals surface area contributed by atoms with Crippen molar-refractivity contribution >= 4 is 10.1 Å². The highest BCUT2D eigenvalue weighted by Crippen LogP contribution is 2.32. The van der Waals surface area contributed by atoms with E-state index >= 15 is 0 Å². The second-order valence-electron chi connectivity index (χ2n) is 10.3. The minimum Gasteiger partial charge on any atom is -0.744 e. The molecule has 0 aliphatic heterocycles. The molecule has 0 saturated carbocycles. The Hall–Kier alpha value is -3.46. The molecule has 0 N–H and O–H groups in total. The summed E-state index contributed by atoms with van der Waals surface area (Å²) < 4.78 is 42.0. The lowest BCUT2D eigenvalue weighted by atomic mass is 9.85. The van der Waals surface area contributed by atoms with Crippen molar-refractivity contribution in [1.29, 1.82) is 0 Å². The van der Waals surface area contributed by atoms with Crippen molar-refractivity contribution in [2.45, 2.75) is 37.2 Å². The molecule has 0 atom stereocenters. The molecule has 0 unspecified atom stereocenters. The molecule has 6 heteroatoms. The minimum atomic E-state index is -4.42. The van der Waals surface area contributed by atoms with E-state index in [1.54, 1.807) is 12.1 Å². The second kappa shape index (κ2) is 13.9. The molecule has 41 heavy (non-hydrogen) atoms. The minimum absolute atomic E-state index is 0.0131. The third kappa shape index (κ3) is 9.56. The van der Waals surface area contributed by atoms with E-state index < -0.39 is 10.1 Å². The zero-order valence-electron chi connectivity index (χ0n) is 23.3. The van der Waals surface area contributed by atoms with Gasteiger partial charge in [0.15, 0.2) is 7.14 Å². The summed E-state index contributed by atoms with van der Waals surface area (Å²) in [6.45, 7) is 6.20. The molecule has 0 spiro atoms. The monoisotopic (exact) mass is 676 g/mol. The third-order valence-corrected chi connectivity index (χ3v) is 9.49. The van der Waals surface area contributed by atoms with Crippen LogP contribution in [0.5, 0.6) is 5.75 Å². The standard InChI is InChI=1S/C19H16O3S.C16H18IO/c20-23(21,22)18-13-11-17(12-14-18)19(15-7-3-1-4-8-15)16-9-5-2-6-10-16;1-16(2,3)18-15-11-9-14(10-12-15)17-13-7-5-4-6-8-13/h1-14,19H,(H,20,21,22);4-12H,1-3H3/q;+1/p-1. The highest BCUT2D eigenvalue weighted by Gasteiger charge is 2.18. The van der Waals surface area contributed by atoms with Gasteiger partial charge < -0.3 is 9.29 Å². The maximum atomic E-state index is 11.1. The van der Waals surface area contributed by atoms with Crippen LogP contribution < -0.4 is 25.9 Å². The average molecular weight is 677 g/mol. The van der Waals surface area contributed by atoms with Crippen LogP contribution in [0.2, 0.25) is 0 Å². The van der Waals surface area contributed by atoms with Gasteiger partial charge in [0.25, 0.3) is 0 Å². The summed E-state index contributed by atoms with van der Waals surface area (Å²) in [6.07, 6.45) is 0. The number of ether oxygens (including phenoxy) is 1. The van der Waals surface area contributed by atoms with Crippen LogP contribution in [-0.2, 0) is 10.1 Å². The van der Waals surface area contributed by atoms with Crippen LogP contribution in [0.4, 0.5) is 0 Å². The van der Waals surface area contributed by atoms with Crippen LogP contribution in [0, 0.1) is 7.14 Å². The number of benzene rings is 5. The van der Waals surface area contributed by atoms with Crippen molar-refractivity contribution < 1.29 is 38.9 Å². The van der Waals surface area contributed by atoms with Crippen LogP contribution in [0.25, 0.3) is 0 Å². The first kappa shape index (κ1) is 30.5.